The lowest BCUT2D eigenvalue weighted by Gasteiger charge is -2.29. The summed E-state index contributed by atoms with van der Waals surface area (Å²) in [5.41, 5.74) is 1.73. The zero-order valence-corrected chi connectivity index (χ0v) is 17.2. The molecule has 0 saturated carbocycles. The number of hydrogen-bond acceptors (Lipinski definition) is 3. The summed E-state index contributed by atoms with van der Waals surface area (Å²) in [4.78, 5) is 33.5. The van der Waals surface area contributed by atoms with Crippen molar-refractivity contribution >= 4 is 11.9 Å². The first-order valence-corrected chi connectivity index (χ1v) is 10.3. The van der Waals surface area contributed by atoms with Crippen LogP contribution in [0.4, 0.5) is 4.79 Å². The summed E-state index contributed by atoms with van der Waals surface area (Å²) in [5.74, 6) is 0.283. The number of likely N-dealkylation sites (tertiary alicyclic amines) is 2. The number of amides is 3. The van der Waals surface area contributed by atoms with Crippen LogP contribution in [-0.4, -0.2) is 64.0 Å². The molecule has 1 aromatic heterocycles. The zero-order valence-electron chi connectivity index (χ0n) is 17.2. The minimum atomic E-state index is -0.0641. The van der Waals surface area contributed by atoms with Crippen molar-refractivity contribution in [2.45, 2.75) is 19.8 Å². The van der Waals surface area contributed by atoms with Crippen molar-refractivity contribution in [1.29, 1.82) is 0 Å². The number of benzene rings is 1. The second kappa shape index (κ2) is 7.89. The number of nitrogens with one attached hydrogen (secondary N) is 1. The molecule has 1 aromatic carbocycles. The van der Waals surface area contributed by atoms with Gasteiger partial charge in [0.2, 0.25) is 0 Å². The minimum Gasteiger partial charge on any atom is -0.340 e. The molecular weight excluding hydrogens is 366 g/mol. The number of carbonyl (C=O) groups is 2. The van der Waals surface area contributed by atoms with Crippen LogP contribution in [0.2, 0.25) is 0 Å². The fourth-order valence-corrected chi connectivity index (χ4v) is 4.83. The van der Waals surface area contributed by atoms with Crippen LogP contribution in [0.25, 0.3) is 0 Å². The summed E-state index contributed by atoms with van der Waals surface area (Å²) in [5, 5.41) is 2.92. The Hall–Kier alpha value is -2.83. The minimum absolute atomic E-state index is 0.00332. The number of carbonyl (C=O) groups excluding carboxylic acids is 2. The van der Waals surface area contributed by atoms with Gasteiger partial charge in [-0.25, -0.2) is 9.78 Å². The third kappa shape index (κ3) is 3.86. The maximum absolute atomic E-state index is 13.0. The summed E-state index contributed by atoms with van der Waals surface area (Å²) < 4.78 is 1.80. The zero-order chi connectivity index (χ0) is 20.4. The molecule has 2 fully saturated rings. The van der Waals surface area contributed by atoms with Crippen LogP contribution in [0.3, 0.4) is 0 Å². The molecule has 4 rings (SSSR count). The molecule has 2 aliphatic rings. The van der Waals surface area contributed by atoms with Gasteiger partial charge in [0.05, 0.1) is 6.33 Å². The first-order valence-electron chi connectivity index (χ1n) is 10.3. The van der Waals surface area contributed by atoms with Gasteiger partial charge in [0.1, 0.15) is 5.69 Å². The van der Waals surface area contributed by atoms with Gasteiger partial charge in [-0.05, 0) is 25.3 Å². The molecule has 0 spiro atoms. The van der Waals surface area contributed by atoms with Crippen molar-refractivity contribution in [3.8, 4) is 0 Å². The Morgan fingerprint density at radius 3 is 2.59 bits per heavy atom. The van der Waals surface area contributed by atoms with Crippen LogP contribution in [0.15, 0.2) is 42.9 Å². The van der Waals surface area contributed by atoms with Gasteiger partial charge in [0, 0.05) is 57.3 Å². The second-order valence-electron chi connectivity index (χ2n) is 8.37. The molecule has 0 radical (unpaired) electrons. The average Bonchev–Trinajstić information content (AvgIpc) is 3.39. The summed E-state index contributed by atoms with van der Waals surface area (Å²) in [6.45, 7) is 5.32. The highest BCUT2D eigenvalue weighted by Crippen LogP contribution is 2.46. The molecule has 7 nitrogen and oxygen atoms in total. The number of aryl methyl sites for hydroxylation is 2. The van der Waals surface area contributed by atoms with Crippen LogP contribution < -0.4 is 5.32 Å². The standard InChI is InChI=1S/C22H29N5O2/c1-3-23-21(29)27-12-18-11-26(20(28)19-13-25(2)16-24-19)14-22(18,15-27)10-9-17-7-5-4-6-8-17/h4-8,13,16,18H,3,9-12,14-15H2,1-2H3,(H,23,29). The van der Waals surface area contributed by atoms with Crippen LogP contribution >= 0.6 is 0 Å². The number of fused-ring (bicyclic) bond motifs is 1. The van der Waals surface area contributed by atoms with E-state index in [1.54, 1.807) is 17.1 Å². The van der Waals surface area contributed by atoms with Crippen molar-refractivity contribution in [1.82, 2.24) is 24.7 Å². The van der Waals surface area contributed by atoms with Crippen molar-refractivity contribution in [2.24, 2.45) is 18.4 Å². The molecule has 29 heavy (non-hydrogen) atoms. The number of urea groups is 1. The van der Waals surface area contributed by atoms with E-state index in [-0.39, 0.29) is 17.4 Å². The number of hydrogen-bond donors (Lipinski definition) is 1. The molecule has 2 atom stereocenters. The Bertz CT molecular complexity index is 880. The predicted octanol–water partition coefficient (Wildman–Crippen LogP) is 2.16. The number of nitrogens with zero attached hydrogens (tertiary/aromatic N) is 4. The molecule has 3 amide bonds. The SMILES string of the molecule is CCNC(=O)N1CC2CN(C(=O)c3cn(C)cn3)CC2(CCc2ccccc2)C1. The van der Waals surface area contributed by atoms with E-state index in [4.69, 9.17) is 0 Å². The third-order valence-electron chi connectivity index (χ3n) is 6.34. The smallest absolute Gasteiger partial charge is 0.317 e. The monoisotopic (exact) mass is 395 g/mol. The molecule has 2 unspecified atom stereocenters. The Kier molecular flexibility index (Phi) is 5.30. The van der Waals surface area contributed by atoms with E-state index in [0.29, 0.717) is 44.3 Å². The average molecular weight is 396 g/mol. The molecule has 154 valence electrons. The van der Waals surface area contributed by atoms with Gasteiger partial charge in [0.25, 0.3) is 5.91 Å². The van der Waals surface area contributed by atoms with E-state index >= 15 is 0 Å². The molecule has 2 saturated heterocycles. The van der Waals surface area contributed by atoms with E-state index in [1.165, 1.54) is 5.56 Å². The van der Waals surface area contributed by atoms with Crippen molar-refractivity contribution < 1.29 is 9.59 Å². The number of imidazole rings is 1. The van der Waals surface area contributed by atoms with Gasteiger partial charge in [-0.2, -0.15) is 0 Å². The molecule has 2 aromatic rings. The normalized spacial score (nSPS) is 23.3. The van der Waals surface area contributed by atoms with E-state index in [1.807, 2.05) is 29.8 Å². The molecular formula is C22H29N5O2. The molecule has 0 aliphatic carbocycles. The Labute approximate surface area is 171 Å². The lowest BCUT2D eigenvalue weighted by molar-refractivity contribution is 0.0755. The van der Waals surface area contributed by atoms with Gasteiger partial charge >= 0.3 is 6.03 Å². The summed E-state index contributed by atoms with van der Waals surface area (Å²) in [6, 6.07) is 10.4. The maximum atomic E-state index is 13.0. The number of aromatic nitrogens is 2. The lowest BCUT2D eigenvalue weighted by Crippen LogP contribution is -2.43. The fourth-order valence-electron chi connectivity index (χ4n) is 4.83. The van der Waals surface area contributed by atoms with Gasteiger partial charge < -0.3 is 19.7 Å². The van der Waals surface area contributed by atoms with Gasteiger partial charge in [0.15, 0.2) is 0 Å². The molecule has 7 heteroatoms. The van der Waals surface area contributed by atoms with E-state index in [0.717, 1.165) is 12.8 Å². The van der Waals surface area contributed by atoms with E-state index < -0.39 is 0 Å². The summed E-state index contributed by atoms with van der Waals surface area (Å²) in [6.07, 6.45) is 5.34. The summed E-state index contributed by atoms with van der Waals surface area (Å²) in [7, 11) is 1.87. The largest absolute Gasteiger partial charge is 0.340 e. The third-order valence-corrected chi connectivity index (χ3v) is 6.34. The first-order chi connectivity index (χ1) is 14.0. The topological polar surface area (TPSA) is 70.5 Å². The number of rotatable bonds is 5. The highest BCUT2D eigenvalue weighted by atomic mass is 16.2. The quantitative estimate of drug-likeness (QED) is 0.843. The Morgan fingerprint density at radius 2 is 1.90 bits per heavy atom. The molecule has 2 aliphatic heterocycles. The van der Waals surface area contributed by atoms with Gasteiger partial charge in [-0.3, -0.25) is 4.79 Å². The van der Waals surface area contributed by atoms with Crippen molar-refractivity contribution in [3.63, 3.8) is 0 Å². The maximum Gasteiger partial charge on any atom is 0.317 e. The second-order valence-corrected chi connectivity index (χ2v) is 8.37. The molecule has 0 bridgehead atoms. The summed E-state index contributed by atoms with van der Waals surface area (Å²) >= 11 is 0. The van der Waals surface area contributed by atoms with Crippen LogP contribution in [0.5, 0.6) is 0 Å². The van der Waals surface area contributed by atoms with Crippen LogP contribution in [0.1, 0.15) is 29.4 Å². The van der Waals surface area contributed by atoms with Gasteiger partial charge in [-0.1, -0.05) is 30.3 Å². The fraction of sp³-hybridized carbons (Fsp3) is 0.500. The first kappa shape index (κ1) is 19.5. The Morgan fingerprint density at radius 1 is 1.17 bits per heavy atom. The van der Waals surface area contributed by atoms with Crippen LogP contribution in [0, 0.1) is 11.3 Å². The lowest BCUT2D eigenvalue weighted by atomic mass is 9.76. The predicted molar refractivity (Wildman–Crippen MR) is 110 cm³/mol. The van der Waals surface area contributed by atoms with Crippen molar-refractivity contribution in [2.75, 3.05) is 32.7 Å². The van der Waals surface area contributed by atoms with E-state index in [9.17, 15) is 9.59 Å². The molecule has 1 N–H and O–H groups in total. The highest BCUT2D eigenvalue weighted by molar-refractivity contribution is 5.92. The Balaban J connectivity index is 1.52. The van der Waals surface area contributed by atoms with E-state index in [2.05, 4.69) is 34.6 Å². The highest BCUT2D eigenvalue weighted by Gasteiger charge is 2.54. The van der Waals surface area contributed by atoms with Gasteiger partial charge in [-0.15, -0.1) is 0 Å². The molecule has 3 heterocycles. The van der Waals surface area contributed by atoms with Crippen molar-refractivity contribution in [3.05, 3.63) is 54.1 Å². The van der Waals surface area contributed by atoms with Crippen LogP contribution in [-0.2, 0) is 13.5 Å².